The predicted molar refractivity (Wildman–Crippen MR) is 62.7 cm³/mol. The summed E-state index contributed by atoms with van der Waals surface area (Å²) >= 11 is 0. The average Bonchev–Trinajstić information content (AvgIpc) is 2.60. The van der Waals surface area contributed by atoms with Gasteiger partial charge in [-0.2, -0.15) is 0 Å². The lowest BCUT2D eigenvalue weighted by atomic mass is 9.94. The Labute approximate surface area is 88.4 Å². The third-order valence-corrected chi connectivity index (χ3v) is 3.03. The number of hydrogen-bond donors (Lipinski definition) is 1. The highest BCUT2D eigenvalue weighted by Crippen LogP contribution is 2.38. The largest absolute Gasteiger partial charge is 0.458 e. The molecule has 15 heavy (non-hydrogen) atoms. The van der Waals surface area contributed by atoms with E-state index in [2.05, 4.69) is 25.1 Å². The van der Waals surface area contributed by atoms with Crippen molar-refractivity contribution >= 4 is 22.7 Å². The molecule has 0 saturated carbocycles. The molecule has 2 nitrogen and oxygen atoms in total. The molecule has 2 aromatic rings. The Morgan fingerprint density at radius 3 is 3.13 bits per heavy atom. The summed E-state index contributed by atoms with van der Waals surface area (Å²) in [4.78, 5) is 0. The van der Waals surface area contributed by atoms with Crippen LogP contribution in [0.25, 0.3) is 17.0 Å². The molecular weight excluding hydrogens is 186 g/mol. The molecule has 76 valence electrons. The number of para-hydroxylation sites is 1. The second-order valence-corrected chi connectivity index (χ2v) is 4.14. The van der Waals surface area contributed by atoms with Crippen molar-refractivity contribution in [2.75, 3.05) is 5.73 Å². The Hall–Kier alpha value is -1.70. The molecule has 0 aliphatic heterocycles. The van der Waals surface area contributed by atoms with Gasteiger partial charge < -0.3 is 10.2 Å². The lowest BCUT2D eigenvalue weighted by Crippen LogP contribution is -1.95. The molecule has 0 radical (unpaired) electrons. The van der Waals surface area contributed by atoms with Crippen molar-refractivity contribution in [3.8, 4) is 0 Å². The molecule has 1 aliphatic rings. The van der Waals surface area contributed by atoms with Gasteiger partial charge in [-0.3, -0.25) is 0 Å². The van der Waals surface area contributed by atoms with Crippen LogP contribution in [0.15, 0.2) is 28.7 Å². The number of nitrogen functional groups attached to an aromatic ring is 1. The van der Waals surface area contributed by atoms with E-state index in [1.54, 1.807) is 0 Å². The summed E-state index contributed by atoms with van der Waals surface area (Å²) in [5.74, 6) is 1.53. The normalized spacial score (nSPS) is 19.4. The van der Waals surface area contributed by atoms with Crippen molar-refractivity contribution < 1.29 is 4.42 Å². The minimum atomic E-state index is 0.455. The van der Waals surface area contributed by atoms with Crippen LogP contribution >= 0.6 is 0 Å². The third kappa shape index (κ3) is 1.11. The van der Waals surface area contributed by atoms with E-state index in [0.717, 1.165) is 28.8 Å². The van der Waals surface area contributed by atoms with Gasteiger partial charge in [0.15, 0.2) is 5.58 Å². The van der Waals surface area contributed by atoms with Gasteiger partial charge in [-0.1, -0.05) is 31.2 Å². The van der Waals surface area contributed by atoms with Crippen LogP contribution in [0, 0.1) is 0 Å². The van der Waals surface area contributed by atoms with Crippen LogP contribution in [0.1, 0.15) is 30.6 Å². The summed E-state index contributed by atoms with van der Waals surface area (Å²) in [6.07, 6.45) is 5.39. The second-order valence-electron chi connectivity index (χ2n) is 4.14. The van der Waals surface area contributed by atoms with Crippen molar-refractivity contribution in [2.24, 2.45) is 0 Å². The van der Waals surface area contributed by atoms with E-state index in [9.17, 15) is 0 Å². The first-order valence-electron chi connectivity index (χ1n) is 5.25. The topological polar surface area (TPSA) is 39.2 Å². The Kier molecular flexibility index (Phi) is 1.66. The predicted octanol–water partition coefficient (Wildman–Crippen LogP) is 3.54. The van der Waals surface area contributed by atoms with Crippen molar-refractivity contribution in [1.29, 1.82) is 0 Å². The molecule has 1 aliphatic carbocycles. The standard InChI is InChI=1S/C13H13NO/c1-8-4-2-5-9-10-6-3-7-11(14)13(10)15-12(8)9/h2-3,5-8H,4,14H2,1H3. The summed E-state index contributed by atoms with van der Waals surface area (Å²) in [6, 6.07) is 5.92. The molecule has 0 amide bonds. The zero-order valence-corrected chi connectivity index (χ0v) is 8.66. The highest BCUT2D eigenvalue weighted by molar-refractivity contribution is 5.95. The number of anilines is 1. The van der Waals surface area contributed by atoms with Gasteiger partial charge >= 0.3 is 0 Å². The van der Waals surface area contributed by atoms with Crippen molar-refractivity contribution in [3.05, 3.63) is 35.6 Å². The number of allylic oxidation sites excluding steroid dienone is 1. The summed E-state index contributed by atoms with van der Waals surface area (Å²) in [5.41, 5.74) is 8.66. The first-order chi connectivity index (χ1) is 7.27. The fraction of sp³-hybridized carbons (Fsp3) is 0.231. The molecule has 2 heteroatoms. The van der Waals surface area contributed by atoms with Gasteiger partial charge in [-0.15, -0.1) is 0 Å². The van der Waals surface area contributed by atoms with Crippen LogP contribution in [0.4, 0.5) is 5.69 Å². The minimum absolute atomic E-state index is 0.455. The smallest absolute Gasteiger partial charge is 0.157 e. The van der Waals surface area contributed by atoms with E-state index < -0.39 is 0 Å². The lowest BCUT2D eigenvalue weighted by Gasteiger charge is -2.10. The van der Waals surface area contributed by atoms with Crippen LogP contribution in [-0.2, 0) is 0 Å². The van der Waals surface area contributed by atoms with Crippen LogP contribution in [0.2, 0.25) is 0 Å². The van der Waals surface area contributed by atoms with E-state index in [1.165, 1.54) is 5.56 Å². The number of furan rings is 1. The maximum atomic E-state index is 5.90. The van der Waals surface area contributed by atoms with Gasteiger partial charge in [-0.25, -0.2) is 0 Å². The number of rotatable bonds is 0. The molecule has 1 aromatic carbocycles. The number of fused-ring (bicyclic) bond motifs is 3. The van der Waals surface area contributed by atoms with Crippen LogP contribution in [0.5, 0.6) is 0 Å². The van der Waals surface area contributed by atoms with Crippen LogP contribution in [-0.4, -0.2) is 0 Å². The Bertz CT molecular complexity index is 551. The number of hydrogen-bond acceptors (Lipinski definition) is 2. The van der Waals surface area contributed by atoms with Crippen molar-refractivity contribution in [1.82, 2.24) is 0 Å². The summed E-state index contributed by atoms with van der Waals surface area (Å²) in [7, 11) is 0. The average molecular weight is 199 g/mol. The fourth-order valence-corrected chi connectivity index (χ4v) is 2.21. The van der Waals surface area contributed by atoms with Crippen molar-refractivity contribution in [3.63, 3.8) is 0 Å². The maximum Gasteiger partial charge on any atom is 0.157 e. The van der Waals surface area contributed by atoms with Gasteiger partial charge in [-0.05, 0) is 12.5 Å². The molecule has 3 rings (SSSR count). The summed E-state index contributed by atoms with van der Waals surface area (Å²) in [6.45, 7) is 2.18. The molecular formula is C13H13NO. The zero-order chi connectivity index (χ0) is 10.4. The van der Waals surface area contributed by atoms with E-state index in [0.29, 0.717) is 5.92 Å². The van der Waals surface area contributed by atoms with E-state index in [1.807, 2.05) is 12.1 Å². The van der Waals surface area contributed by atoms with Gasteiger partial charge in [0.1, 0.15) is 5.76 Å². The Morgan fingerprint density at radius 2 is 2.27 bits per heavy atom. The Balaban J connectivity index is 2.41. The molecule has 1 aromatic heterocycles. The molecule has 0 bridgehead atoms. The Morgan fingerprint density at radius 1 is 1.40 bits per heavy atom. The van der Waals surface area contributed by atoms with Crippen LogP contribution in [0.3, 0.4) is 0 Å². The summed E-state index contributed by atoms with van der Waals surface area (Å²) in [5, 5.41) is 1.13. The SMILES string of the molecule is CC1CC=Cc2c1oc1c(N)cccc21. The molecule has 0 saturated heterocycles. The molecule has 0 spiro atoms. The molecule has 1 atom stereocenters. The third-order valence-electron chi connectivity index (χ3n) is 3.03. The number of benzene rings is 1. The van der Waals surface area contributed by atoms with E-state index in [4.69, 9.17) is 10.2 Å². The molecule has 1 heterocycles. The maximum absolute atomic E-state index is 5.90. The first-order valence-corrected chi connectivity index (χ1v) is 5.25. The van der Waals surface area contributed by atoms with Gasteiger partial charge in [0.05, 0.1) is 5.69 Å². The van der Waals surface area contributed by atoms with Crippen LogP contribution < -0.4 is 5.73 Å². The summed E-state index contributed by atoms with van der Waals surface area (Å²) < 4.78 is 5.86. The second kappa shape index (κ2) is 2.89. The molecule has 0 fully saturated rings. The minimum Gasteiger partial charge on any atom is -0.458 e. The van der Waals surface area contributed by atoms with Gasteiger partial charge in [0.2, 0.25) is 0 Å². The fourth-order valence-electron chi connectivity index (χ4n) is 2.21. The van der Waals surface area contributed by atoms with E-state index in [-0.39, 0.29) is 0 Å². The van der Waals surface area contributed by atoms with Gasteiger partial charge in [0.25, 0.3) is 0 Å². The quantitative estimate of drug-likeness (QED) is 0.659. The number of nitrogens with two attached hydrogens (primary N) is 1. The zero-order valence-electron chi connectivity index (χ0n) is 8.66. The lowest BCUT2D eigenvalue weighted by molar-refractivity contribution is 0.504. The molecule has 1 unspecified atom stereocenters. The molecule has 2 N–H and O–H groups in total. The van der Waals surface area contributed by atoms with Crippen molar-refractivity contribution in [2.45, 2.75) is 19.3 Å². The van der Waals surface area contributed by atoms with Gasteiger partial charge in [0, 0.05) is 16.9 Å². The first kappa shape index (κ1) is 8.60. The highest BCUT2D eigenvalue weighted by atomic mass is 16.3. The highest BCUT2D eigenvalue weighted by Gasteiger charge is 2.20. The monoisotopic (exact) mass is 199 g/mol. The van der Waals surface area contributed by atoms with E-state index >= 15 is 0 Å².